The first-order valence-corrected chi connectivity index (χ1v) is 5.29. The zero-order chi connectivity index (χ0) is 11.8. The van der Waals surface area contributed by atoms with Gasteiger partial charge in [-0.3, -0.25) is 10.1 Å². The van der Waals surface area contributed by atoms with Crippen molar-refractivity contribution < 1.29 is 18.4 Å². The summed E-state index contributed by atoms with van der Waals surface area (Å²) >= 11 is 0. The zero-order valence-electron chi connectivity index (χ0n) is 7.67. The van der Waals surface area contributed by atoms with Gasteiger partial charge in [-0.15, -0.1) is 0 Å². The summed E-state index contributed by atoms with van der Waals surface area (Å²) in [6.45, 7) is 1.21. The minimum Gasteiger partial charge on any atom is -0.502 e. The molecule has 0 aromatic heterocycles. The van der Waals surface area contributed by atoms with Crippen molar-refractivity contribution in [1.82, 2.24) is 0 Å². The molecule has 0 heterocycles. The molecule has 0 aliphatic heterocycles. The topological polar surface area (TPSA) is 124 Å². The van der Waals surface area contributed by atoms with E-state index >= 15 is 0 Å². The first-order chi connectivity index (χ1) is 6.75. The predicted octanol–water partition coefficient (Wildman–Crippen LogP) is 0.256. The lowest BCUT2D eigenvalue weighted by molar-refractivity contribution is -0.386. The maximum Gasteiger partial charge on any atom is 0.314 e. The number of phenols is 1. The largest absolute Gasteiger partial charge is 0.502 e. The molecule has 0 bridgehead atoms. The van der Waals surface area contributed by atoms with Crippen LogP contribution in [0.5, 0.6) is 5.75 Å². The number of primary sulfonamides is 1. The summed E-state index contributed by atoms with van der Waals surface area (Å²) in [6, 6.07) is 1.94. The molecule has 0 fully saturated rings. The summed E-state index contributed by atoms with van der Waals surface area (Å²) in [5, 5.41) is 24.6. The molecule has 0 atom stereocenters. The van der Waals surface area contributed by atoms with Crippen LogP contribution in [-0.2, 0) is 10.0 Å². The Balaban J connectivity index is 3.64. The summed E-state index contributed by atoms with van der Waals surface area (Å²) in [4.78, 5) is 9.30. The first kappa shape index (κ1) is 11.4. The normalized spacial score (nSPS) is 11.3. The Kier molecular flexibility index (Phi) is 2.65. The number of nitro groups is 1. The average Bonchev–Trinajstić information content (AvgIpc) is 2.00. The molecule has 3 N–H and O–H groups in total. The molecule has 1 rings (SSSR count). The second-order valence-corrected chi connectivity index (χ2v) is 4.39. The molecule has 0 radical (unpaired) electrons. The minimum atomic E-state index is -4.02. The van der Waals surface area contributed by atoms with Crippen molar-refractivity contribution in [1.29, 1.82) is 0 Å². The number of aromatic hydroxyl groups is 1. The summed E-state index contributed by atoms with van der Waals surface area (Å²) in [7, 11) is -4.02. The van der Waals surface area contributed by atoms with Gasteiger partial charge in [0.25, 0.3) is 0 Å². The second kappa shape index (κ2) is 3.48. The quantitative estimate of drug-likeness (QED) is 0.559. The van der Waals surface area contributed by atoms with Crippen LogP contribution in [0.25, 0.3) is 0 Å². The molecule has 7 nitrogen and oxygen atoms in total. The highest BCUT2D eigenvalue weighted by Crippen LogP contribution is 2.32. The van der Waals surface area contributed by atoms with Gasteiger partial charge in [0.05, 0.1) is 15.4 Å². The van der Waals surface area contributed by atoms with Crippen LogP contribution in [0.2, 0.25) is 0 Å². The zero-order valence-corrected chi connectivity index (χ0v) is 8.48. The Morgan fingerprint density at radius 1 is 1.47 bits per heavy atom. The van der Waals surface area contributed by atoms with E-state index in [2.05, 4.69) is 0 Å². The van der Waals surface area contributed by atoms with Gasteiger partial charge < -0.3 is 5.11 Å². The van der Waals surface area contributed by atoms with E-state index in [0.29, 0.717) is 0 Å². The van der Waals surface area contributed by atoms with Gasteiger partial charge in [0.2, 0.25) is 10.0 Å². The smallest absolute Gasteiger partial charge is 0.314 e. The monoisotopic (exact) mass is 232 g/mol. The lowest BCUT2D eigenvalue weighted by Crippen LogP contribution is -2.14. The van der Waals surface area contributed by atoms with E-state index in [1.54, 1.807) is 0 Å². The van der Waals surface area contributed by atoms with Crippen LogP contribution < -0.4 is 5.14 Å². The first-order valence-electron chi connectivity index (χ1n) is 3.75. The van der Waals surface area contributed by atoms with Gasteiger partial charge in [-0.2, -0.15) is 0 Å². The molecule has 1 aromatic carbocycles. The van der Waals surface area contributed by atoms with Gasteiger partial charge in [-0.1, -0.05) is 0 Å². The van der Waals surface area contributed by atoms with Gasteiger partial charge in [0.1, 0.15) is 0 Å². The fraction of sp³-hybridized carbons (Fsp3) is 0.143. The molecule has 0 unspecified atom stereocenters. The Bertz CT molecular complexity index is 522. The lowest BCUT2D eigenvalue weighted by Gasteiger charge is -2.04. The maximum atomic E-state index is 11.0. The molecule has 15 heavy (non-hydrogen) atoms. The van der Waals surface area contributed by atoms with Crippen LogP contribution in [-0.4, -0.2) is 18.4 Å². The van der Waals surface area contributed by atoms with Crippen LogP contribution in [0.15, 0.2) is 17.0 Å². The number of nitrogens with two attached hydrogens (primary N) is 1. The number of nitrogens with zero attached hydrogens (tertiary/aromatic N) is 1. The van der Waals surface area contributed by atoms with Crippen LogP contribution in [0.1, 0.15) is 5.56 Å². The second-order valence-electron chi connectivity index (χ2n) is 2.86. The number of nitro benzene ring substituents is 1. The van der Waals surface area contributed by atoms with Crippen molar-refractivity contribution in [2.24, 2.45) is 5.14 Å². The number of hydrogen-bond donors (Lipinski definition) is 2. The molecular formula is C7H8N2O5S. The third kappa shape index (κ3) is 2.05. The van der Waals surface area contributed by atoms with Crippen LogP contribution in [0.3, 0.4) is 0 Å². The Hall–Kier alpha value is -1.67. The van der Waals surface area contributed by atoms with Gasteiger partial charge >= 0.3 is 5.69 Å². The molecule has 0 saturated heterocycles. The van der Waals surface area contributed by atoms with Gasteiger partial charge in [0.15, 0.2) is 5.75 Å². The SMILES string of the molecule is Cc1c(S(N)(=O)=O)ccc(O)c1[N+](=O)[O-]. The number of rotatable bonds is 2. The summed E-state index contributed by atoms with van der Waals surface area (Å²) < 4.78 is 22.0. The molecule has 0 aliphatic rings. The predicted molar refractivity (Wildman–Crippen MR) is 50.9 cm³/mol. The van der Waals surface area contributed by atoms with Crippen LogP contribution >= 0.6 is 0 Å². The van der Waals surface area contributed by atoms with E-state index in [0.717, 1.165) is 12.1 Å². The van der Waals surface area contributed by atoms with Crippen molar-refractivity contribution in [2.75, 3.05) is 0 Å². The van der Waals surface area contributed by atoms with Gasteiger partial charge in [-0.05, 0) is 19.1 Å². The molecule has 0 aliphatic carbocycles. The van der Waals surface area contributed by atoms with Gasteiger partial charge in [-0.25, -0.2) is 13.6 Å². The standard InChI is InChI=1S/C7H8N2O5S/c1-4-6(15(8,13)14)3-2-5(10)7(4)9(11)12/h2-3,10H,1H3,(H2,8,13,14). The number of benzene rings is 1. The third-order valence-corrected chi connectivity index (χ3v) is 2.90. The molecule has 8 heteroatoms. The molecule has 1 aromatic rings. The highest BCUT2D eigenvalue weighted by Gasteiger charge is 2.24. The van der Waals surface area contributed by atoms with Crippen molar-refractivity contribution in [2.45, 2.75) is 11.8 Å². The number of hydrogen-bond acceptors (Lipinski definition) is 5. The fourth-order valence-electron chi connectivity index (χ4n) is 1.21. The van der Waals surface area contributed by atoms with E-state index < -0.39 is 26.4 Å². The number of sulfonamides is 1. The van der Waals surface area contributed by atoms with Crippen molar-refractivity contribution >= 4 is 15.7 Å². The third-order valence-electron chi connectivity index (χ3n) is 1.85. The molecule has 0 spiro atoms. The maximum absolute atomic E-state index is 11.0. The van der Waals surface area contributed by atoms with Crippen LogP contribution in [0, 0.1) is 17.0 Å². The number of phenolic OH excluding ortho intramolecular Hbond substituents is 1. The molecule has 82 valence electrons. The van der Waals surface area contributed by atoms with Crippen molar-refractivity contribution in [3.8, 4) is 5.75 Å². The molecule has 0 saturated carbocycles. The van der Waals surface area contributed by atoms with E-state index in [9.17, 15) is 23.6 Å². The lowest BCUT2D eigenvalue weighted by atomic mass is 10.2. The van der Waals surface area contributed by atoms with Crippen molar-refractivity contribution in [3.63, 3.8) is 0 Å². The summed E-state index contributed by atoms with van der Waals surface area (Å²) in [6.07, 6.45) is 0. The van der Waals surface area contributed by atoms with E-state index in [4.69, 9.17) is 5.14 Å². The van der Waals surface area contributed by atoms with E-state index in [1.165, 1.54) is 6.92 Å². The highest BCUT2D eigenvalue weighted by molar-refractivity contribution is 7.89. The molecule has 0 amide bonds. The Morgan fingerprint density at radius 3 is 2.40 bits per heavy atom. The van der Waals surface area contributed by atoms with Crippen LogP contribution in [0.4, 0.5) is 5.69 Å². The summed E-state index contributed by atoms with van der Waals surface area (Å²) in [5.74, 6) is -0.593. The summed E-state index contributed by atoms with van der Waals surface area (Å²) in [5.41, 5.74) is -0.830. The minimum absolute atomic E-state index is 0.178. The molecular weight excluding hydrogens is 224 g/mol. The Labute approximate surface area is 85.3 Å². The van der Waals surface area contributed by atoms with E-state index in [1.807, 2.05) is 0 Å². The van der Waals surface area contributed by atoms with E-state index in [-0.39, 0.29) is 10.5 Å². The highest BCUT2D eigenvalue weighted by atomic mass is 32.2. The average molecular weight is 232 g/mol. The van der Waals surface area contributed by atoms with Crippen molar-refractivity contribution in [3.05, 3.63) is 27.8 Å². The van der Waals surface area contributed by atoms with Gasteiger partial charge in [0, 0.05) is 0 Å². The fourth-order valence-corrected chi connectivity index (χ4v) is 1.99. The Morgan fingerprint density at radius 2 is 2.00 bits per heavy atom.